The van der Waals surface area contributed by atoms with Crippen LogP contribution >= 0.6 is 11.3 Å². The molecule has 0 aliphatic carbocycles. The molecule has 0 aliphatic rings. The first-order valence-corrected chi connectivity index (χ1v) is 11.3. The van der Waals surface area contributed by atoms with E-state index in [-0.39, 0.29) is 24.8 Å². The predicted molar refractivity (Wildman–Crippen MR) is 126 cm³/mol. The highest BCUT2D eigenvalue weighted by atomic mass is 32.1. The van der Waals surface area contributed by atoms with E-state index in [0.717, 1.165) is 15.0 Å². The maximum atomic E-state index is 13.3. The molecule has 33 heavy (non-hydrogen) atoms. The van der Waals surface area contributed by atoms with Crippen LogP contribution < -0.4 is 16.6 Å². The third kappa shape index (κ3) is 4.56. The number of aromatic nitrogens is 4. The molecule has 170 valence electrons. The van der Waals surface area contributed by atoms with Crippen molar-refractivity contribution in [2.75, 3.05) is 0 Å². The number of hydrogen-bond donors (Lipinski definition) is 1. The molecule has 1 aromatic carbocycles. The molecular formula is C23H23N5O4S. The molecule has 0 radical (unpaired) electrons. The predicted octanol–water partition coefficient (Wildman–Crippen LogP) is 2.01. The fraction of sp³-hybridized carbons (Fsp3) is 0.261. The summed E-state index contributed by atoms with van der Waals surface area (Å²) in [6, 6.07) is 12.8. The van der Waals surface area contributed by atoms with E-state index in [0.29, 0.717) is 29.1 Å². The van der Waals surface area contributed by atoms with Gasteiger partial charge in [-0.05, 0) is 24.6 Å². The van der Waals surface area contributed by atoms with Crippen molar-refractivity contribution in [3.05, 3.63) is 84.9 Å². The summed E-state index contributed by atoms with van der Waals surface area (Å²) in [7, 11) is 0. The summed E-state index contributed by atoms with van der Waals surface area (Å²) in [5, 5.41) is 2.68. The highest BCUT2D eigenvalue weighted by molar-refractivity contribution is 7.14. The highest BCUT2D eigenvalue weighted by Gasteiger charge is 2.20. The molecule has 9 nitrogen and oxygen atoms in total. The number of Topliss-reactive ketones (excluding diaryl/α,β-unsaturated/α-hetero) is 1. The number of aryl methyl sites for hydroxylation is 1. The molecule has 3 aromatic heterocycles. The van der Waals surface area contributed by atoms with Gasteiger partial charge in [-0.2, -0.15) is 0 Å². The summed E-state index contributed by atoms with van der Waals surface area (Å²) in [5.74, 6) is -0.510. The zero-order chi connectivity index (χ0) is 23.5. The molecular weight excluding hydrogens is 442 g/mol. The number of rotatable bonds is 8. The van der Waals surface area contributed by atoms with Crippen LogP contribution in [0.4, 0.5) is 0 Å². The second kappa shape index (κ2) is 9.37. The van der Waals surface area contributed by atoms with Crippen LogP contribution in [-0.2, 0) is 31.0 Å². The first-order chi connectivity index (χ1) is 15.9. The Morgan fingerprint density at radius 3 is 2.52 bits per heavy atom. The minimum absolute atomic E-state index is 0.164. The minimum Gasteiger partial charge on any atom is -0.351 e. The third-order valence-electron chi connectivity index (χ3n) is 5.26. The number of hydrogen-bond acceptors (Lipinski definition) is 6. The Morgan fingerprint density at radius 2 is 1.82 bits per heavy atom. The van der Waals surface area contributed by atoms with Crippen molar-refractivity contribution in [1.82, 2.24) is 24.0 Å². The average Bonchev–Trinajstić information content (AvgIpc) is 3.46. The molecule has 3 heterocycles. The van der Waals surface area contributed by atoms with E-state index in [1.54, 1.807) is 16.7 Å². The number of nitrogens with one attached hydrogen (secondary N) is 1. The van der Waals surface area contributed by atoms with Crippen LogP contribution in [0.3, 0.4) is 0 Å². The van der Waals surface area contributed by atoms with Gasteiger partial charge in [-0.15, -0.1) is 11.3 Å². The first kappa shape index (κ1) is 22.4. The zero-order valence-corrected chi connectivity index (χ0v) is 19.1. The fourth-order valence-electron chi connectivity index (χ4n) is 3.58. The summed E-state index contributed by atoms with van der Waals surface area (Å²) >= 11 is 1.23. The Hall–Kier alpha value is -3.79. The molecule has 0 atom stereocenters. The largest absolute Gasteiger partial charge is 0.351 e. The van der Waals surface area contributed by atoms with Crippen LogP contribution in [0, 0.1) is 0 Å². The van der Waals surface area contributed by atoms with Gasteiger partial charge in [-0.25, -0.2) is 9.78 Å². The van der Waals surface area contributed by atoms with Gasteiger partial charge in [0, 0.05) is 18.3 Å². The lowest BCUT2D eigenvalue weighted by Gasteiger charge is -2.12. The van der Waals surface area contributed by atoms with Gasteiger partial charge < -0.3 is 9.88 Å². The molecule has 0 aliphatic heterocycles. The second-order valence-electron chi connectivity index (χ2n) is 7.55. The highest BCUT2D eigenvalue weighted by Crippen LogP contribution is 2.17. The van der Waals surface area contributed by atoms with Crippen LogP contribution in [-0.4, -0.2) is 30.4 Å². The number of carbonyl (C=O) groups excluding carboxylic acids is 2. The average molecular weight is 466 g/mol. The molecule has 1 amide bonds. The van der Waals surface area contributed by atoms with E-state index in [9.17, 15) is 19.2 Å². The van der Waals surface area contributed by atoms with Crippen molar-refractivity contribution in [2.24, 2.45) is 0 Å². The number of nitrogens with zero attached hydrogens (tertiary/aromatic N) is 4. The summed E-state index contributed by atoms with van der Waals surface area (Å²) in [4.78, 5) is 56.2. The minimum atomic E-state index is -0.582. The fourth-order valence-corrected chi connectivity index (χ4v) is 4.46. The quantitative estimate of drug-likeness (QED) is 0.401. The Labute approximate surface area is 192 Å². The van der Waals surface area contributed by atoms with Crippen LogP contribution in [0.15, 0.2) is 58.4 Å². The van der Waals surface area contributed by atoms with Crippen molar-refractivity contribution in [1.29, 1.82) is 0 Å². The number of imidazole rings is 1. The number of benzene rings is 1. The second-order valence-corrected chi connectivity index (χ2v) is 8.72. The lowest BCUT2D eigenvalue weighted by molar-refractivity contribution is -0.119. The lowest BCUT2D eigenvalue weighted by Crippen LogP contribution is -2.42. The van der Waals surface area contributed by atoms with Gasteiger partial charge in [0.25, 0.3) is 5.56 Å². The molecule has 0 saturated heterocycles. The standard InChI is InChI=1S/C23H23N5O4S/c1-3-26-14-25-21-20(26)22(31)28(23(32)27(21)12-16-7-5-4-6-8-16)13-18(30)19-10-9-17(33-19)11-24-15(2)29/h4-10,14H,3,11-13H2,1-2H3,(H,24,29). The Balaban J connectivity index is 1.74. The van der Waals surface area contributed by atoms with E-state index >= 15 is 0 Å². The van der Waals surface area contributed by atoms with Crippen molar-refractivity contribution in [3.63, 3.8) is 0 Å². The summed E-state index contributed by atoms with van der Waals surface area (Å²) < 4.78 is 4.09. The van der Waals surface area contributed by atoms with E-state index in [2.05, 4.69) is 10.3 Å². The molecule has 0 unspecified atom stereocenters. The van der Waals surface area contributed by atoms with E-state index in [4.69, 9.17) is 0 Å². The van der Waals surface area contributed by atoms with Crippen molar-refractivity contribution < 1.29 is 9.59 Å². The molecule has 0 spiro atoms. The van der Waals surface area contributed by atoms with Gasteiger partial charge in [0.2, 0.25) is 5.91 Å². The Kier molecular flexibility index (Phi) is 6.36. The van der Waals surface area contributed by atoms with E-state index < -0.39 is 11.2 Å². The lowest BCUT2D eigenvalue weighted by atomic mass is 10.2. The van der Waals surface area contributed by atoms with Gasteiger partial charge >= 0.3 is 5.69 Å². The normalized spacial score (nSPS) is 11.1. The monoisotopic (exact) mass is 465 g/mol. The third-order valence-corrected chi connectivity index (χ3v) is 6.38. The van der Waals surface area contributed by atoms with Gasteiger partial charge in [-0.1, -0.05) is 30.3 Å². The van der Waals surface area contributed by atoms with Crippen LogP contribution in [0.1, 0.15) is 34.0 Å². The Morgan fingerprint density at radius 1 is 1.06 bits per heavy atom. The number of ketones is 1. The molecule has 1 N–H and O–H groups in total. The molecule has 4 rings (SSSR count). The summed E-state index contributed by atoms with van der Waals surface area (Å²) in [6.45, 7) is 3.97. The maximum Gasteiger partial charge on any atom is 0.333 e. The smallest absolute Gasteiger partial charge is 0.333 e. The van der Waals surface area contributed by atoms with Crippen LogP contribution in [0.2, 0.25) is 0 Å². The van der Waals surface area contributed by atoms with Crippen LogP contribution in [0.5, 0.6) is 0 Å². The maximum absolute atomic E-state index is 13.3. The van der Waals surface area contributed by atoms with Crippen molar-refractivity contribution >= 4 is 34.2 Å². The van der Waals surface area contributed by atoms with E-state index in [1.165, 1.54) is 29.2 Å². The topological polar surface area (TPSA) is 108 Å². The number of carbonyl (C=O) groups is 2. The zero-order valence-electron chi connectivity index (χ0n) is 18.3. The van der Waals surface area contributed by atoms with Gasteiger partial charge in [0.1, 0.15) is 0 Å². The number of thiophene rings is 1. The number of amides is 1. The van der Waals surface area contributed by atoms with Gasteiger partial charge in [-0.3, -0.25) is 23.5 Å². The summed E-state index contributed by atoms with van der Waals surface area (Å²) in [6.07, 6.45) is 1.53. The van der Waals surface area contributed by atoms with Gasteiger partial charge in [0.05, 0.1) is 30.8 Å². The molecule has 0 bridgehead atoms. The van der Waals surface area contributed by atoms with Gasteiger partial charge in [0.15, 0.2) is 16.9 Å². The molecule has 10 heteroatoms. The molecule has 4 aromatic rings. The SMILES string of the molecule is CCn1cnc2c1c(=O)n(CC(=O)c1ccc(CNC(C)=O)s1)c(=O)n2Cc1ccccc1. The molecule has 0 saturated carbocycles. The Bertz CT molecular complexity index is 1450. The van der Waals surface area contributed by atoms with Crippen molar-refractivity contribution in [3.8, 4) is 0 Å². The number of fused-ring (bicyclic) bond motifs is 1. The molecule has 0 fully saturated rings. The van der Waals surface area contributed by atoms with Crippen molar-refractivity contribution in [2.45, 2.75) is 40.0 Å². The summed E-state index contributed by atoms with van der Waals surface area (Å²) in [5.41, 5.74) is 0.346. The van der Waals surface area contributed by atoms with Crippen LogP contribution in [0.25, 0.3) is 11.2 Å². The van der Waals surface area contributed by atoms with E-state index in [1.807, 2.05) is 37.3 Å². The first-order valence-electron chi connectivity index (χ1n) is 10.5.